The van der Waals surface area contributed by atoms with Crippen LogP contribution in [0, 0.1) is 34.5 Å². The molecule has 2 N–H and O–H groups in total. The number of nitrogens with zero attached hydrogens (tertiary/aromatic N) is 1. The molecule has 140 valence electrons. The standard InChI is InChI=1S/C23H32N2O/c1-14-12-15-13-16(26)6-8-22(15,2)18-7-9-23(3)17(20(14)18)4-5-19(23)21-24-10-11-25-21/h5,10-12,14,16-18,20,26H,4,6-9,13H2,1-3H3,(H,24,25)/t14?,16?,17-,18-,20-,22-,23-/m0/s1. The van der Waals surface area contributed by atoms with Gasteiger partial charge in [-0.1, -0.05) is 38.5 Å². The predicted octanol–water partition coefficient (Wildman–Crippen LogP) is 4.97. The van der Waals surface area contributed by atoms with E-state index in [2.05, 4.69) is 42.9 Å². The smallest absolute Gasteiger partial charge is 0.133 e. The van der Waals surface area contributed by atoms with Gasteiger partial charge in [0.15, 0.2) is 0 Å². The second-order valence-corrected chi connectivity index (χ2v) is 9.90. The lowest BCUT2D eigenvalue weighted by Crippen LogP contribution is -2.52. The monoisotopic (exact) mass is 352 g/mol. The van der Waals surface area contributed by atoms with Crippen molar-refractivity contribution in [3.05, 3.63) is 35.9 Å². The minimum Gasteiger partial charge on any atom is -0.393 e. The van der Waals surface area contributed by atoms with Gasteiger partial charge in [-0.05, 0) is 78.6 Å². The van der Waals surface area contributed by atoms with Crippen LogP contribution >= 0.6 is 0 Å². The Bertz CT molecular complexity index is 763. The lowest BCUT2D eigenvalue weighted by molar-refractivity contribution is -0.0426. The fourth-order valence-electron chi connectivity index (χ4n) is 7.35. The SMILES string of the molecule is CC1C=C2CC(O)CC[C@]2(C)[C@H]2CC[C@]3(C)C(c4ncc[nH]4)=CC[C@H]3[C@H]12. The Morgan fingerprint density at radius 3 is 2.73 bits per heavy atom. The Kier molecular flexibility index (Phi) is 3.60. The number of aliphatic hydroxyl groups excluding tert-OH is 1. The summed E-state index contributed by atoms with van der Waals surface area (Å²) in [4.78, 5) is 7.94. The van der Waals surface area contributed by atoms with Crippen LogP contribution in [0.15, 0.2) is 30.1 Å². The molecule has 7 atom stereocenters. The zero-order valence-corrected chi connectivity index (χ0v) is 16.3. The topological polar surface area (TPSA) is 48.9 Å². The third-order valence-electron chi connectivity index (χ3n) is 8.74. The van der Waals surface area contributed by atoms with Gasteiger partial charge in [-0.15, -0.1) is 0 Å². The van der Waals surface area contributed by atoms with Crippen molar-refractivity contribution in [2.24, 2.45) is 34.5 Å². The molecule has 0 aromatic carbocycles. The number of aromatic amines is 1. The van der Waals surface area contributed by atoms with Gasteiger partial charge >= 0.3 is 0 Å². The van der Waals surface area contributed by atoms with E-state index in [-0.39, 0.29) is 11.5 Å². The molecule has 2 unspecified atom stereocenters. The Morgan fingerprint density at radius 2 is 1.96 bits per heavy atom. The molecule has 0 radical (unpaired) electrons. The van der Waals surface area contributed by atoms with Crippen LogP contribution in [-0.4, -0.2) is 21.2 Å². The lowest BCUT2D eigenvalue weighted by atomic mass is 9.45. The molecule has 0 aliphatic heterocycles. The van der Waals surface area contributed by atoms with E-state index < -0.39 is 0 Å². The molecule has 26 heavy (non-hydrogen) atoms. The van der Waals surface area contributed by atoms with Gasteiger partial charge < -0.3 is 10.1 Å². The van der Waals surface area contributed by atoms with Crippen molar-refractivity contribution >= 4 is 5.57 Å². The van der Waals surface area contributed by atoms with E-state index in [1.807, 2.05) is 12.4 Å². The van der Waals surface area contributed by atoms with Crippen LogP contribution in [0.4, 0.5) is 0 Å². The Balaban J connectivity index is 1.52. The van der Waals surface area contributed by atoms with Crippen LogP contribution in [0.5, 0.6) is 0 Å². The molecule has 0 amide bonds. The summed E-state index contributed by atoms with van der Waals surface area (Å²) in [6.07, 6.45) is 15.6. The van der Waals surface area contributed by atoms with Crippen molar-refractivity contribution in [1.29, 1.82) is 0 Å². The number of hydrogen-bond acceptors (Lipinski definition) is 2. The molecular weight excluding hydrogens is 320 g/mol. The highest BCUT2D eigenvalue weighted by Gasteiger charge is 2.58. The van der Waals surface area contributed by atoms with Crippen molar-refractivity contribution in [1.82, 2.24) is 9.97 Å². The fraction of sp³-hybridized carbons (Fsp3) is 0.696. The Morgan fingerprint density at radius 1 is 1.15 bits per heavy atom. The highest BCUT2D eigenvalue weighted by Crippen LogP contribution is 2.67. The molecule has 0 bridgehead atoms. The molecule has 1 aromatic heterocycles. The highest BCUT2D eigenvalue weighted by molar-refractivity contribution is 5.68. The number of aliphatic hydroxyl groups is 1. The first-order valence-corrected chi connectivity index (χ1v) is 10.5. The maximum atomic E-state index is 10.2. The van der Waals surface area contributed by atoms with Crippen molar-refractivity contribution in [3.63, 3.8) is 0 Å². The molecule has 2 fully saturated rings. The first-order valence-electron chi connectivity index (χ1n) is 10.5. The molecule has 0 spiro atoms. The third-order valence-corrected chi connectivity index (χ3v) is 8.74. The number of aromatic nitrogens is 2. The lowest BCUT2D eigenvalue weighted by Gasteiger charge is -2.59. The quantitative estimate of drug-likeness (QED) is 0.701. The van der Waals surface area contributed by atoms with Crippen LogP contribution in [0.2, 0.25) is 0 Å². The van der Waals surface area contributed by atoms with Gasteiger partial charge in [0.25, 0.3) is 0 Å². The highest BCUT2D eigenvalue weighted by atomic mass is 16.3. The van der Waals surface area contributed by atoms with Gasteiger partial charge in [0.1, 0.15) is 5.82 Å². The molecule has 4 aliphatic rings. The fourth-order valence-corrected chi connectivity index (χ4v) is 7.35. The van der Waals surface area contributed by atoms with E-state index in [0.717, 1.165) is 42.8 Å². The molecule has 1 aromatic rings. The van der Waals surface area contributed by atoms with Crippen LogP contribution in [0.1, 0.15) is 65.1 Å². The summed E-state index contributed by atoms with van der Waals surface area (Å²) in [6.45, 7) is 7.43. The number of rotatable bonds is 1. The van der Waals surface area contributed by atoms with Gasteiger partial charge in [0.05, 0.1) is 6.10 Å². The van der Waals surface area contributed by atoms with E-state index in [9.17, 15) is 5.11 Å². The number of fused-ring (bicyclic) bond motifs is 5. The number of H-pyrrole nitrogens is 1. The number of allylic oxidation sites excluding steroid dienone is 3. The zero-order valence-electron chi connectivity index (χ0n) is 16.3. The first-order chi connectivity index (χ1) is 12.4. The molecule has 2 saturated carbocycles. The number of hydrogen-bond donors (Lipinski definition) is 2. The second kappa shape index (κ2) is 5.58. The number of nitrogens with one attached hydrogen (secondary N) is 1. The van der Waals surface area contributed by atoms with Gasteiger partial charge in [-0.25, -0.2) is 4.98 Å². The van der Waals surface area contributed by atoms with E-state index in [1.54, 1.807) is 5.57 Å². The van der Waals surface area contributed by atoms with Crippen LogP contribution in [0.25, 0.3) is 5.57 Å². The van der Waals surface area contributed by atoms with Gasteiger partial charge in [0.2, 0.25) is 0 Å². The largest absolute Gasteiger partial charge is 0.393 e. The van der Waals surface area contributed by atoms with Crippen molar-refractivity contribution < 1.29 is 5.11 Å². The van der Waals surface area contributed by atoms with Gasteiger partial charge in [-0.3, -0.25) is 0 Å². The average Bonchev–Trinajstić information content (AvgIpc) is 3.23. The van der Waals surface area contributed by atoms with Crippen LogP contribution in [0.3, 0.4) is 0 Å². The van der Waals surface area contributed by atoms with Crippen LogP contribution < -0.4 is 0 Å². The van der Waals surface area contributed by atoms with E-state index >= 15 is 0 Å². The summed E-state index contributed by atoms with van der Waals surface area (Å²) in [6, 6.07) is 0. The molecule has 0 saturated heterocycles. The molecule has 4 aliphatic carbocycles. The summed E-state index contributed by atoms with van der Waals surface area (Å²) >= 11 is 0. The molecule has 3 nitrogen and oxygen atoms in total. The predicted molar refractivity (Wildman–Crippen MR) is 104 cm³/mol. The molecule has 1 heterocycles. The number of imidazole rings is 1. The van der Waals surface area contributed by atoms with E-state index in [1.165, 1.54) is 24.8 Å². The van der Waals surface area contributed by atoms with Crippen LogP contribution in [-0.2, 0) is 0 Å². The first kappa shape index (κ1) is 16.8. The summed E-state index contributed by atoms with van der Waals surface area (Å²) in [5, 5.41) is 10.2. The summed E-state index contributed by atoms with van der Waals surface area (Å²) < 4.78 is 0. The molecule has 3 heteroatoms. The Hall–Kier alpha value is -1.35. The van der Waals surface area contributed by atoms with Gasteiger partial charge in [-0.2, -0.15) is 0 Å². The zero-order chi connectivity index (χ0) is 18.1. The van der Waals surface area contributed by atoms with E-state index in [4.69, 9.17) is 0 Å². The maximum absolute atomic E-state index is 10.2. The van der Waals surface area contributed by atoms with Crippen molar-refractivity contribution in [3.8, 4) is 0 Å². The van der Waals surface area contributed by atoms with Gasteiger partial charge in [0, 0.05) is 12.4 Å². The van der Waals surface area contributed by atoms with Crippen molar-refractivity contribution in [2.75, 3.05) is 0 Å². The second-order valence-electron chi connectivity index (χ2n) is 9.90. The maximum Gasteiger partial charge on any atom is 0.133 e. The van der Waals surface area contributed by atoms with E-state index in [0.29, 0.717) is 11.3 Å². The minimum absolute atomic E-state index is 0.120. The minimum atomic E-state index is -0.120. The summed E-state index contributed by atoms with van der Waals surface area (Å²) in [7, 11) is 0. The Labute approximate surface area is 157 Å². The summed E-state index contributed by atoms with van der Waals surface area (Å²) in [5.41, 5.74) is 3.58. The molecular formula is C23H32N2O. The van der Waals surface area contributed by atoms with Crippen molar-refractivity contribution in [2.45, 2.75) is 65.4 Å². The normalized spacial score (nSPS) is 47.5. The summed E-state index contributed by atoms with van der Waals surface area (Å²) in [5.74, 6) is 3.94. The average molecular weight is 353 g/mol. The third kappa shape index (κ3) is 2.13. The molecule has 5 rings (SSSR count).